The van der Waals surface area contributed by atoms with E-state index >= 15 is 0 Å². The van der Waals surface area contributed by atoms with Crippen molar-refractivity contribution in [3.8, 4) is 23.0 Å². The number of sulfonamides is 1. The first-order chi connectivity index (χ1) is 18.3. The molecule has 5 aromatic rings. The lowest BCUT2D eigenvalue weighted by Gasteiger charge is -2.11. The standard InChI is InChI=1S/C28H22N6O3S/c1-33(2)38(36,37)23-14-12-19(13-15-23)26-21(18-34(32-26)22-8-4-3-5-9-22)16-20(17-29)27-30-25-11-7-6-10-24(25)28(35)31-27/h3-16,18H,1-2H3,(H,30,31,35)/b20-16-. The molecule has 0 spiro atoms. The van der Waals surface area contributed by atoms with Crippen molar-refractivity contribution in [1.82, 2.24) is 24.1 Å². The third kappa shape index (κ3) is 4.64. The number of aromatic nitrogens is 4. The molecule has 3 aromatic carbocycles. The van der Waals surface area contributed by atoms with Gasteiger partial charge in [-0.1, -0.05) is 42.5 Å². The highest BCUT2D eigenvalue weighted by Crippen LogP contribution is 2.28. The number of rotatable bonds is 6. The summed E-state index contributed by atoms with van der Waals surface area (Å²) in [6, 6.07) is 24.9. The molecule has 0 unspecified atom stereocenters. The van der Waals surface area contributed by atoms with Gasteiger partial charge in [0.2, 0.25) is 10.0 Å². The molecule has 0 aliphatic rings. The number of H-pyrrole nitrogens is 1. The number of nitrogens with one attached hydrogen (secondary N) is 1. The van der Waals surface area contributed by atoms with Crippen LogP contribution in [-0.2, 0) is 10.0 Å². The molecular weight excluding hydrogens is 500 g/mol. The average Bonchev–Trinajstić information content (AvgIpc) is 3.36. The number of benzene rings is 3. The van der Waals surface area contributed by atoms with E-state index in [-0.39, 0.29) is 21.9 Å². The van der Waals surface area contributed by atoms with Gasteiger partial charge in [-0.3, -0.25) is 4.79 Å². The molecule has 38 heavy (non-hydrogen) atoms. The minimum absolute atomic E-state index is 0.141. The van der Waals surface area contributed by atoms with Crippen molar-refractivity contribution in [3.63, 3.8) is 0 Å². The fraction of sp³-hybridized carbons (Fsp3) is 0.0714. The van der Waals surface area contributed by atoms with E-state index in [1.807, 2.05) is 30.3 Å². The average molecular weight is 523 g/mol. The van der Waals surface area contributed by atoms with Crippen molar-refractivity contribution in [2.75, 3.05) is 14.1 Å². The van der Waals surface area contributed by atoms with Crippen LogP contribution in [0.1, 0.15) is 11.4 Å². The Balaban J connectivity index is 1.66. The van der Waals surface area contributed by atoms with E-state index in [4.69, 9.17) is 5.10 Å². The molecule has 2 aromatic heterocycles. The maximum Gasteiger partial charge on any atom is 0.259 e. The molecule has 188 valence electrons. The Bertz CT molecular complexity index is 1880. The molecule has 0 saturated carbocycles. The molecule has 0 atom stereocenters. The summed E-state index contributed by atoms with van der Waals surface area (Å²) in [5.41, 5.74) is 2.85. The summed E-state index contributed by atoms with van der Waals surface area (Å²) in [6.07, 6.45) is 3.38. The van der Waals surface area contributed by atoms with Crippen molar-refractivity contribution in [1.29, 1.82) is 5.26 Å². The van der Waals surface area contributed by atoms with E-state index in [1.54, 1.807) is 53.4 Å². The molecule has 0 fully saturated rings. The first-order valence-electron chi connectivity index (χ1n) is 11.6. The lowest BCUT2D eigenvalue weighted by atomic mass is 10.1. The Morgan fingerprint density at radius 2 is 1.68 bits per heavy atom. The Morgan fingerprint density at radius 3 is 2.37 bits per heavy atom. The second-order valence-electron chi connectivity index (χ2n) is 8.63. The Kier molecular flexibility index (Phi) is 6.46. The molecule has 9 nitrogen and oxygen atoms in total. The van der Waals surface area contributed by atoms with Crippen molar-refractivity contribution in [3.05, 3.63) is 107 Å². The summed E-state index contributed by atoms with van der Waals surface area (Å²) in [7, 11) is -0.645. The zero-order valence-electron chi connectivity index (χ0n) is 20.5. The summed E-state index contributed by atoms with van der Waals surface area (Å²) < 4.78 is 27.9. The van der Waals surface area contributed by atoms with Crippen LogP contribution in [0, 0.1) is 11.3 Å². The molecule has 0 aliphatic heterocycles. The topological polar surface area (TPSA) is 125 Å². The number of fused-ring (bicyclic) bond motifs is 1. The second kappa shape index (κ2) is 9.89. The largest absolute Gasteiger partial charge is 0.305 e. The second-order valence-corrected chi connectivity index (χ2v) is 10.8. The smallest absolute Gasteiger partial charge is 0.259 e. The number of allylic oxidation sites excluding steroid dienone is 1. The van der Waals surface area contributed by atoms with Crippen LogP contribution >= 0.6 is 0 Å². The van der Waals surface area contributed by atoms with Crippen molar-refractivity contribution < 1.29 is 8.42 Å². The first-order valence-corrected chi connectivity index (χ1v) is 13.0. The lowest BCUT2D eigenvalue weighted by Crippen LogP contribution is -2.22. The monoisotopic (exact) mass is 522 g/mol. The number of hydrogen-bond acceptors (Lipinski definition) is 6. The zero-order valence-corrected chi connectivity index (χ0v) is 21.3. The number of para-hydroxylation sites is 2. The zero-order chi connectivity index (χ0) is 26.9. The number of hydrogen-bond donors (Lipinski definition) is 1. The van der Waals surface area contributed by atoms with Crippen molar-refractivity contribution >= 4 is 32.6 Å². The van der Waals surface area contributed by atoms with Gasteiger partial charge in [-0.15, -0.1) is 0 Å². The van der Waals surface area contributed by atoms with Crippen LogP contribution in [0.4, 0.5) is 0 Å². The molecule has 0 amide bonds. The van der Waals surface area contributed by atoms with Gasteiger partial charge in [0.25, 0.3) is 5.56 Å². The van der Waals surface area contributed by atoms with E-state index in [9.17, 15) is 18.5 Å². The predicted octanol–water partition coefficient (Wildman–Crippen LogP) is 4.09. The third-order valence-corrected chi connectivity index (χ3v) is 7.79. The quantitative estimate of drug-likeness (QED) is 0.335. The van der Waals surface area contributed by atoms with Crippen LogP contribution in [0.5, 0.6) is 0 Å². The molecule has 1 N–H and O–H groups in total. The minimum Gasteiger partial charge on any atom is -0.305 e. The lowest BCUT2D eigenvalue weighted by molar-refractivity contribution is 0.521. The molecule has 5 rings (SSSR count). The van der Waals surface area contributed by atoms with E-state index in [0.29, 0.717) is 27.7 Å². The van der Waals surface area contributed by atoms with Crippen molar-refractivity contribution in [2.24, 2.45) is 0 Å². The van der Waals surface area contributed by atoms with Crippen LogP contribution < -0.4 is 5.56 Å². The molecule has 0 bridgehead atoms. The fourth-order valence-electron chi connectivity index (χ4n) is 3.95. The highest BCUT2D eigenvalue weighted by Gasteiger charge is 2.19. The van der Waals surface area contributed by atoms with Crippen LogP contribution in [0.3, 0.4) is 0 Å². The molecular formula is C28H22N6O3S. The van der Waals surface area contributed by atoms with E-state index in [1.165, 1.54) is 26.2 Å². The molecule has 0 aliphatic carbocycles. The van der Waals surface area contributed by atoms with Crippen LogP contribution in [-0.4, -0.2) is 46.6 Å². The van der Waals surface area contributed by atoms with Crippen LogP contribution in [0.15, 0.2) is 94.7 Å². The Labute approximate surface area is 219 Å². The molecule has 0 saturated heterocycles. The van der Waals surface area contributed by atoms with Gasteiger partial charge in [-0.25, -0.2) is 22.4 Å². The number of aromatic amines is 1. The summed E-state index contributed by atoms with van der Waals surface area (Å²) in [5.74, 6) is 0.141. The highest BCUT2D eigenvalue weighted by molar-refractivity contribution is 7.89. The fourth-order valence-corrected chi connectivity index (χ4v) is 4.85. The summed E-state index contributed by atoms with van der Waals surface area (Å²) >= 11 is 0. The maximum absolute atomic E-state index is 12.6. The van der Waals surface area contributed by atoms with Crippen LogP contribution in [0.2, 0.25) is 0 Å². The van der Waals surface area contributed by atoms with Gasteiger partial charge >= 0.3 is 0 Å². The van der Waals surface area contributed by atoms with Gasteiger partial charge in [-0.2, -0.15) is 10.4 Å². The first kappa shape index (κ1) is 24.8. The summed E-state index contributed by atoms with van der Waals surface area (Å²) in [6.45, 7) is 0. The maximum atomic E-state index is 12.6. The third-order valence-electron chi connectivity index (χ3n) is 5.96. The Morgan fingerprint density at radius 1 is 1.00 bits per heavy atom. The SMILES string of the molecule is CN(C)S(=O)(=O)c1ccc(-c2nn(-c3ccccc3)cc2/C=C(/C#N)c2nc3ccccc3c(=O)[nH]2)cc1. The molecule has 10 heteroatoms. The number of nitriles is 1. The molecule has 0 radical (unpaired) electrons. The van der Waals surface area contributed by atoms with E-state index in [2.05, 4.69) is 16.0 Å². The highest BCUT2D eigenvalue weighted by atomic mass is 32.2. The minimum atomic E-state index is -3.59. The Hall–Kier alpha value is -4.85. The number of nitrogens with zero attached hydrogens (tertiary/aromatic N) is 5. The van der Waals surface area contributed by atoms with E-state index < -0.39 is 10.0 Å². The van der Waals surface area contributed by atoms with Gasteiger partial charge in [0.05, 0.1) is 32.8 Å². The van der Waals surface area contributed by atoms with Gasteiger partial charge in [0.1, 0.15) is 6.07 Å². The van der Waals surface area contributed by atoms with Gasteiger partial charge < -0.3 is 4.98 Å². The van der Waals surface area contributed by atoms with Gasteiger partial charge in [0.15, 0.2) is 5.82 Å². The van der Waals surface area contributed by atoms with Crippen molar-refractivity contribution in [2.45, 2.75) is 4.90 Å². The van der Waals surface area contributed by atoms with Gasteiger partial charge in [0, 0.05) is 31.4 Å². The van der Waals surface area contributed by atoms with E-state index in [0.717, 1.165) is 9.99 Å². The summed E-state index contributed by atoms with van der Waals surface area (Å²) in [4.78, 5) is 19.9. The van der Waals surface area contributed by atoms with Gasteiger partial charge in [-0.05, 0) is 42.5 Å². The predicted molar refractivity (Wildman–Crippen MR) is 146 cm³/mol. The molecule has 2 heterocycles. The summed E-state index contributed by atoms with van der Waals surface area (Å²) in [5, 5.41) is 15.2. The normalized spacial score (nSPS) is 12.1. The van der Waals surface area contributed by atoms with Crippen LogP contribution in [0.25, 0.3) is 39.5 Å².